The molecule has 4 heteroatoms. The van der Waals surface area contributed by atoms with Crippen molar-refractivity contribution in [2.24, 2.45) is 23.7 Å². The lowest BCUT2D eigenvalue weighted by molar-refractivity contribution is -0.151. The van der Waals surface area contributed by atoms with Gasteiger partial charge in [0.2, 0.25) is 5.91 Å². The molecule has 0 unspecified atom stereocenters. The van der Waals surface area contributed by atoms with Crippen molar-refractivity contribution in [1.29, 1.82) is 0 Å². The minimum atomic E-state index is -0.801. The molecule has 0 aromatic rings. The molecule has 2 bridgehead atoms. The zero-order chi connectivity index (χ0) is 13.4. The largest absolute Gasteiger partial charge is 0.481 e. The Morgan fingerprint density at radius 2 is 1.53 bits per heavy atom. The average Bonchev–Trinajstić information content (AvgIpc) is 2.89. The lowest BCUT2D eigenvalue weighted by atomic mass is 9.82. The van der Waals surface area contributed by atoms with E-state index in [1.54, 1.807) is 0 Å². The van der Waals surface area contributed by atoms with Gasteiger partial charge in [-0.25, -0.2) is 0 Å². The van der Waals surface area contributed by atoms with Gasteiger partial charge in [-0.1, -0.05) is 25.0 Å². The molecule has 3 rings (SSSR count). The Hall–Kier alpha value is -1.32. The number of hydrogen-bond acceptors (Lipinski definition) is 2. The first-order valence-corrected chi connectivity index (χ1v) is 7.38. The molecule has 0 spiro atoms. The van der Waals surface area contributed by atoms with E-state index in [0.29, 0.717) is 0 Å². The number of carbonyl (C=O) groups is 2. The van der Waals surface area contributed by atoms with Crippen molar-refractivity contribution in [2.75, 3.05) is 13.1 Å². The second-order valence-corrected chi connectivity index (χ2v) is 6.08. The molecule has 0 radical (unpaired) electrons. The van der Waals surface area contributed by atoms with Crippen LogP contribution in [0.15, 0.2) is 12.2 Å². The summed E-state index contributed by atoms with van der Waals surface area (Å²) >= 11 is 0. The van der Waals surface area contributed by atoms with Crippen LogP contribution in [0.3, 0.4) is 0 Å². The van der Waals surface area contributed by atoms with Gasteiger partial charge in [-0.05, 0) is 31.1 Å². The van der Waals surface area contributed by atoms with E-state index in [1.165, 1.54) is 12.8 Å². The standard InChI is InChI=1S/C15H21NO3/c17-14(16-7-3-1-2-4-8-16)12-10-5-6-11(9-10)13(12)15(18)19/h5-6,10-13H,1-4,7-9H2,(H,18,19)/t10-,11+,12+,13+/m0/s1. The lowest BCUT2D eigenvalue weighted by Gasteiger charge is -2.30. The van der Waals surface area contributed by atoms with Gasteiger partial charge in [-0.15, -0.1) is 0 Å². The maximum atomic E-state index is 12.7. The molecule has 0 aromatic carbocycles. The van der Waals surface area contributed by atoms with Crippen molar-refractivity contribution in [1.82, 2.24) is 4.90 Å². The normalized spacial score (nSPS) is 37.4. The van der Waals surface area contributed by atoms with E-state index in [-0.39, 0.29) is 23.7 Å². The number of allylic oxidation sites excluding steroid dienone is 2. The summed E-state index contributed by atoms with van der Waals surface area (Å²) in [5.41, 5.74) is 0. The number of rotatable bonds is 2. The third kappa shape index (κ3) is 2.17. The summed E-state index contributed by atoms with van der Waals surface area (Å²) in [6, 6.07) is 0. The summed E-state index contributed by atoms with van der Waals surface area (Å²) in [6.45, 7) is 1.62. The Bertz CT molecular complexity index is 410. The fourth-order valence-corrected chi connectivity index (χ4v) is 4.00. The molecule has 3 aliphatic rings. The second kappa shape index (κ2) is 4.99. The summed E-state index contributed by atoms with van der Waals surface area (Å²) in [7, 11) is 0. The topological polar surface area (TPSA) is 57.6 Å². The van der Waals surface area contributed by atoms with E-state index >= 15 is 0 Å². The predicted octanol–water partition coefficient (Wildman–Crippen LogP) is 1.91. The average molecular weight is 263 g/mol. The zero-order valence-electron chi connectivity index (χ0n) is 11.1. The van der Waals surface area contributed by atoms with Gasteiger partial charge in [0.25, 0.3) is 0 Å². The molecule has 4 atom stereocenters. The first kappa shape index (κ1) is 12.7. The summed E-state index contributed by atoms with van der Waals surface area (Å²) in [4.78, 5) is 26.1. The van der Waals surface area contributed by atoms with Crippen LogP contribution in [0.5, 0.6) is 0 Å². The van der Waals surface area contributed by atoms with Crippen LogP contribution in [0.4, 0.5) is 0 Å². The number of likely N-dealkylation sites (tertiary alicyclic amines) is 1. The third-order valence-corrected chi connectivity index (χ3v) is 4.95. The molecule has 4 nitrogen and oxygen atoms in total. The number of carboxylic acid groups (broad SMARTS) is 1. The number of amides is 1. The highest BCUT2D eigenvalue weighted by Gasteiger charge is 2.52. The van der Waals surface area contributed by atoms with E-state index in [9.17, 15) is 14.7 Å². The molecule has 2 fully saturated rings. The van der Waals surface area contributed by atoms with E-state index in [2.05, 4.69) is 6.08 Å². The number of carbonyl (C=O) groups excluding carboxylic acids is 1. The summed E-state index contributed by atoms with van der Waals surface area (Å²) in [5.74, 6) is -1.29. The van der Waals surface area contributed by atoms with Gasteiger partial charge in [0.05, 0.1) is 11.8 Å². The van der Waals surface area contributed by atoms with Gasteiger partial charge in [-0.3, -0.25) is 9.59 Å². The second-order valence-electron chi connectivity index (χ2n) is 6.08. The molecule has 1 N–H and O–H groups in total. The number of aliphatic carboxylic acids is 1. The zero-order valence-corrected chi connectivity index (χ0v) is 11.1. The number of nitrogens with zero attached hydrogens (tertiary/aromatic N) is 1. The maximum Gasteiger partial charge on any atom is 0.307 e. The van der Waals surface area contributed by atoms with Crippen LogP contribution in [0, 0.1) is 23.7 Å². The van der Waals surface area contributed by atoms with Gasteiger partial charge < -0.3 is 10.0 Å². The van der Waals surface area contributed by atoms with Crippen LogP contribution >= 0.6 is 0 Å². The Morgan fingerprint density at radius 1 is 0.947 bits per heavy atom. The van der Waals surface area contributed by atoms with E-state index in [0.717, 1.165) is 32.4 Å². The SMILES string of the molecule is O=C(O)[C@H]1[C@H](C(=O)N2CCCCCC2)[C@H]2C=C[C@@H]1C2. The minimum Gasteiger partial charge on any atom is -0.481 e. The van der Waals surface area contributed by atoms with Crippen LogP contribution in [0.2, 0.25) is 0 Å². The van der Waals surface area contributed by atoms with Gasteiger partial charge in [0.1, 0.15) is 0 Å². The van der Waals surface area contributed by atoms with E-state index < -0.39 is 11.9 Å². The molecular formula is C15H21NO3. The summed E-state index contributed by atoms with van der Waals surface area (Å²) < 4.78 is 0. The molecule has 1 amide bonds. The van der Waals surface area contributed by atoms with Gasteiger partial charge in [0.15, 0.2) is 0 Å². The first-order valence-electron chi connectivity index (χ1n) is 7.38. The van der Waals surface area contributed by atoms with Crippen LogP contribution < -0.4 is 0 Å². The fourth-order valence-electron chi connectivity index (χ4n) is 4.00. The van der Waals surface area contributed by atoms with Crippen molar-refractivity contribution < 1.29 is 14.7 Å². The number of fused-ring (bicyclic) bond motifs is 2. The molecule has 1 saturated heterocycles. The first-order chi connectivity index (χ1) is 9.18. The molecule has 1 aliphatic heterocycles. The smallest absolute Gasteiger partial charge is 0.307 e. The number of hydrogen-bond donors (Lipinski definition) is 1. The molecule has 19 heavy (non-hydrogen) atoms. The molecule has 0 aromatic heterocycles. The minimum absolute atomic E-state index is 0.0726. The lowest BCUT2D eigenvalue weighted by Crippen LogP contribution is -2.43. The fraction of sp³-hybridized carbons (Fsp3) is 0.733. The van der Waals surface area contributed by atoms with Crippen molar-refractivity contribution in [2.45, 2.75) is 32.1 Å². The monoisotopic (exact) mass is 263 g/mol. The highest BCUT2D eigenvalue weighted by molar-refractivity contribution is 5.87. The van der Waals surface area contributed by atoms with E-state index in [1.807, 2.05) is 11.0 Å². The highest BCUT2D eigenvalue weighted by atomic mass is 16.4. The van der Waals surface area contributed by atoms with Gasteiger partial charge in [0, 0.05) is 13.1 Å². The summed E-state index contributed by atoms with van der Waals surface area (Å²) in [5, 5.41) is 9.40. The van der Waals surface area contributed by atoms with Crippen molar-refractivity contribution in [3.63, 3.8) is 0 Å². The Balaban J connectivity index is 1.78. The van der Waals surface area contributed by atoms with Crippen molar-refractivity contribution >= 4 is 11.9 Å². The van der Waals surface area contributed by atoms with Crippen LogP contribution in [-0.4, -0.2) is 35.0 Å². The van der Waals surface area contributed by atoms with Gasteiger partial charge >= 0.3 is 5.97 Å². The third-order valence-electron chi connectivity index (χ3n) is 4.95. The predicted molar refractivity (Wildman–Crippen MR) is 70.4 cm³/mol. The van der Waals surface area contributed by atoms with Crippen molar-refractivity contribution in [3.8, 4) is 0 Å². The van der Waals surface area contributed by atoms with Gasteiger partial charge in [-0.2, -0.15) is 0 Å². The highest BCUT2D eigenvalue weighted by Crippen LogP contribution is 2.48. The van der Waals surface area contributed by atoms with Crippen LogP contribution in [-0.2, 0) is 9.59 Å². The Labute approximate surface area is 113 Å². The van der Waals surface area contributed by atoms with Crippen molar-refractivity contribution in [3.05, 3.63) is 12.2 Å². The summed E-state index contributed by atoms with van der Waals surface area (Å²) in [6.07, 6.45) is 9.38. The Morgan fingerprint density at radius 3 is 2.11 bits per heavy atom. The number of carboxylic acids is 1. The molecule has 1 saturated carbocycles. The quantitative estimate of drug-likeness (QED) is 0.774. The van der Waals surface area contributed by atoms with Crippen LogP contribution in [0.25, 0.3) is 0 Å². The van der Waals surface area contributed by atoms with E-state index in [4.69, 9.17) is 0 Å². The molecular weight excluding hydrogens is 242 g/mol. The molecule has 1 heterocycles. The molecule has 104 valence electrons. The Kier molecular flexibility index (Phi) is 3.33. The maximum absolute atomic E-state index is 12.7. The molecule has 2 aliphatic carbocycles. The van der Waals surface area contributed by atoms with Crippen LogP contribution in [0.1, 0.15) is 32.1 Å².